The van der Waals surface area contributed by atoms with Crippen molar-refractivity contribution in [2.24, 2.45) is 0 Å². The number of carbonyl (C=O) groups is 1. The van der Waals surface area contributed by atoms with Crippen LogP contribution in [0.2, 0.25) is 0 Å². The predicted octanol–water partition coefficient (Wildman–Crippen LogP) is 2.65. The first kappa shape index (κ1) is 22.0. The molecule has 0 atom stereocenters. The average Bonchev–Trinajstić information content (AvgIpc) is 2.87. The number of nitrogens with zero attached hydrogens (tertiary/aromatic N) is 3. The lowest BCUT2D eigenvalue weighted by atomic mass is 9.99. The van der Waals surface area contributed by atoms with E-state index in [2.05, 4.69) is 37.2 Å². The van der Waals surface area contributed by atoms with Gasteiger partial charge < -0.3 is 15.2 Å². The van der Waals surface area contributed by atoms with Crippen molar-refractivity contribution in [3.8, 4) is 0 Å². The Bertz CT molecular complexity index is 1190. The number of nitrogens with one attached hydrogen (secondary N) is 2. The zero-order chi connectivity index (χ0) is 22.6. The fraction of sp³-hybridized carbons (Fsp3) is 0.400. The van der Waals surface area contributed by atoms with Crippen molar-refractivity contribution in [1.82, 2.24) is 20.2 Å². The predicted molar refractivity (Wildman–Crippen MR) is 134 cm³/mol. The number of aryl methyl sites for hydroxylation is 1. The second-order valence-electron chi connectivity index (χ2n) is 8.62. The topological polar surface area (TPSA) is 81.3 Å². The number of fused-ring (bicyclic) bond motifs is 3. The highest BCUT2D eigenvalue weighted by molar-refractivity contribution is 7.98. The maximum Gasteiger partial charge on any atom is 0.252 e. The molecule has 2 aliphatic heterocycles. The number of carbonyl (C=O) groups excluding carboxylic acids is 1. The molecule has 2 N–H and O–H groups in total. The summed E-state index contributed by atoms with van der Waals surface area (Å²) in [5, 5.41) is 4.07. The molecule has 3 aromatic rings. The lowest BCUT2D eigenvalue weighted by molar-refractivity contribution is 0.0951. The molecule has 0 aliphatic carbocycles. The number of amides is 1. The highest BCUT2D eigenvalue weighted by atomic mass is 32.2. The molecular formula is C25H29N5O2S. The molecule has 1 aromatic carbocycles. The van der Waals surface area contributed by atoms with Crippen molar-refractivity contribution in [1.29, 1.82) is 0 Å². The molecule has 172 valence electrons. The number of aromatic nitrogens is 2. The third-order valence-corrected chi connectivity index (χ3v) is 7.56. The Balaban J connectivity index is 1.13. The molecule has 0 spiro atoms. The maximum atomic E-state index is 12.8. The molecule has 0 radical (unpaired) electrons. The first-order valence-corrected chi connectivity index (χ1v) is 12.8. The summed E-state index contributed by atoms with van der Waals surface area (Å²) in [5.74, 6) is 1.71. The van der Waals surface area contributed by atoms with Gasteiger partial charge in [-0.15, -0.1) is 0 Å². The van der Waals surface area contributed by atoms with Crippen LogP contribution in [-0.4, -0.2) is 65.8 Å². The Morgan fingerprint density at radius 1 is 1.09 bits per heavy atom. The Kier molecular flexibility index (Phi) is 6.64. The average molecular weight is 464 g/mol. The standard InChI is InChI=1S/C25H29N5O2S/c31-24(18-2-3-23-21(16-18)20-6-15-33-17-22(20)25(32)28-23)27-7-1-10-29-11-13-30(14-12-29)19-4-8-26-9-5-19/h2-5,8-9,16H,1,6-7,10-15,17H2,(H,27,31)(H,28,32). The summed E-state index contributed by atoms with van der Waals surface area (Å²) in [6.45, 7) is 5.72. The number of hydrogen-bond donors (Lipinski definition) is 2. The monoisotopic (exact) mass is 463 g/mol. The van der Waals surface area contributed by atoms with E-state index in [9.17, 15) is 9.59 Å². The van der Waals surface area contributed by atoms with Crippen LogP contribution in [0.4, 0.5) is 5.69 Å². The van der Waals surface area contributed by atoms with Gasteiger partial charge in [0.25, 0.3) is 11.5 Å². The molecule has 33 heavy (non-hydrogen) atoms. The van der Waals surface area contributed by atoms with E-state index in [1.165, 1.54) is 5.69 Å². The van der Waals surface area contributed by atoms with Gasteiger partial charge in [0.2, 0.25) is 0 Å². The Morgan fingerprint density at radius 2 is 1.91 bits per heavy atom. The van der Waals surface area contributed by atoms with Crippen molar-refractivity contribution >= 4 is 34.3 Å². The number of hydrogen-bond acceptors (Lipinski definition) is 6. The summed E-state index contributed by atoms with van der Waals surface area (Å²) < 4.78 is 0. The highest BCUT2D eigenvalue weighted by Crippen LogP contribution is 2.28. The van der Waals surface area contributed by atoms with Crippen molar-refractivity contribution in [2.45, 2.75) is 18.6 Å². The lowest BCUT2D eigenvalue weighted by Gasteiger charge is -2.36. The number of pyridine rings is 2. The minimum absolute atomic E-state index is 0.00325. The van der Waals surface area contributed by atoms with Crippen LogP contribution in [0, 0.1) is 0 Å². The summed E-state index contributed by atoms with van der Waals surface area (Å²) in [6.07, 6.45) is 5.48. The van der Waals surface area contributed by atoms with Crippen molar-refractivity contribution in [3.05, 3.63) is 69.8 Å². The first-order valence-electron chi connectivity index (χ1n) is 11.6. The molecule has 8 heteroatoms. The number of benzene rings is 1. The van der Waals surface area contributed by atoms with Gasteiger partial charge in [0.1, 0.15) is 0 Å². The molecule has 1 fully saturated rings. The molecule has 1 amide bonds. The summed E-state index contributed by atoms with van der Waals surface area (Å²) in [7, 11) is 0. The van der Waals surface area contributed by atoms with E-state index >= 15 is 0 Å². The van der Waals surface area contributed by atoms with Crippen LogP contribution in [0.15, 0.2) is 47.5 Å². The zero-order valence-corrected chi connectivity index (χ0v) is 19.5. The minimum Gasteiger partial charge on any atom is -0.369 e. The van der Waals surface area contributed by atoms with Crippen molar-refractivity contribution < 1.29 is 4.79 Å². The SMILES string of the molecule is O=C(NCCCN1CCN(c2ccncc2)CC1)c1ccc2[nH]c(=O)c3c(c2c1)CCSC3. The van der Waals surface area contributed by atoms with Crippen LogP contribution in [0.5, 0.6) is 0 Å². The molecule has 2 aliphatic rings. The Hall–Kier alpha value is -2.84. The van der Waals surface area contributed by atoms with E-state index in [1.54, 1.807) is 17.8 Å². The van der Waals surface area contributed by atoms with Gasteiger partial charge in [-0.25, -0.2) is 0 Å². The van der Waals surface area contributed by atoms with Gasteiger partial charge in [-0.2, -0.15) is 11.8 Å². The lowest BCUT2D eigenvalue weighted by Crippen LogP contribution is -2.47. The number of aromatic amines is 1. The number of H-pyrrole nitrogens is 1. The molecular weight excluding hydrogens is 434 g/mol. The molecule has 0 saturated carbocycles. The second kappa shape index (κ2) is 9.97. The Morgan fingerprint density at radius 3 is 2.73 bits per heavy atom. The summed E-state index contributed by atoms with van der Waals surface area (Å²) in [5.41, 5.74) is 4.67. The fourth-order valence-corrected chi connectivity index (χ4v) is 5.72. The number of rotatable bonds is 6. The van der Waals surface area contributed by atoms with Gasteiger partial charge in [-0.3, -0.25) is 19.5 Å². The summed E-state index contributed by atoms with van der Waals surface area (Å²) in [4.78, 5) is 37.0. The van der Waals surface area contributed by atoms with E-state index in [4.69, 9.17) is 0 Å². The van der Waals surface area contributed by atoms with E-state index in [1.807, 2.05) is 24.5 Å². The van der Waals surface area contributed by atoms with Crippen LogP contribution >= 0.6 is 11.8 Å². The molecule has 7 nitrogen and oxygen atoms in total. The molecule has 2 aromatic heterocycles. The molecule has 0 bridgehead atoms. The van der Waals surface area contributed by atoms with Gasteiger partial charge in [0, 0.05) is 78.6 Å². The van der Waals surface area contributed by atoms with Crippen molar-refractivity contribution in [2.75, 3.05) is 49.9 Å². The zero-order valence-electron chi connectivity index (χ0n) is 18.7. The third kappa shape index (κ3) is 4.91. The van der Waals surface area contributed by atoms with E-state index in [-0.39, 0.29) is 11.5 Å². The van der Waals surface area contributed by atoms with Gasteiger partial charge in [-0.1, -0.05) is 0 Å². The minimum atomic E-state index is -0.0514. The second-order valence-corrected chi connectivity index (χ2v) is 9.72. The fourth-order valence-electron chi connectivity index (χ4n) is 4.72. The Labute approximate surface area is 197 Å². The van der Waals surface area contributed by atoms with Crippen LogP contribution < -0.4 is 15.8 Å². The van der Waals surface area contributed by atoms with Gasteiger partial charge in [0.15, 0.2) is 0 Å². The van der Waals surface area contributed by atoms with Crippen LogP contribution in [-0.2, 0) is 12.2 Å². The molecule has 1 saturated heterocycles. The molecule has 0 unspecified atom stereocenters. The third-order valence-electron chi connectivity index (χ3n) is 6.57. The number of piperazine rings is 1. The first-order chi connectivity index (χ1) is 16.2. The maximum absolute atomic E-state index is 12.8. The van der Waals surface area contributed by atoms with Crippen LogP contribution in [0.25, 0.3) is 10.9 Å². The van der Waals surface area contributed by atoms with Gasteiger partial charge in [0.05, 0.1) is 0 Å². The van der Waals surface area contributed by atoms with Gasteiger partial charge in [-0.05, 0) is 61.0 Å². The molecule has 5 rings (SSSR count). The quantitative estimate of drug-likeness (QED) is 0.547. The smallest absolute Gasteiger partial charge is 0.252 e. The summed E-state index contributed by atoms with van der Waals surface area (Å²) >= 11 is 1.79. The van der Waals surface area contributed by atoms with E-state index in [0.717, 1.165) is 79.1 Å². The normalized spacial score (nSPS) is 16.5. The van der Waals surface area contributed by atoms with E-state index in [0.29, 0.717) is 12.1 Å². The molecule has 4 heterocycles. The number of thioether (sulfide) groups is 1. The van der Waals surface area contributed by atoms with Crippen molar-refractivity contribution in [3.63, 3.8) is 0 Å². The largest absolute Gasteiger partial charge is 0.369 e. The number of anilines is 1. The summed E-state index contributed by atoms with van der Waals surface area (Å²) in [6, 6.07) is 9.72. The van der Waals surface area contributed by atoms with Crippen LogP contribution in [0.3, 0.4) is 0 Å². The van der Waals surface area contributed by atoms with E-state index < -0.39 is 0 Å². The van der Waals surface area contributed by atoms with Crippen LogP contribution in [0.1, 0.15) is 27.9 Å². The van der Waals surface area contributed by atoms with Gasteiger partial charge >= 0.3 is 0 Å². The highest BCUT2D eigenvalue weighted by Gasteiger charge is 2.19.